The minimum absolute atomic E-state index is 0.194. The number of hydrogen-bond acceptors (Lipinski definition) is 3. The van der Waals surface area contributed by atoms with Gasteiger partial charge >= 0.3 is 0 Å². The number of carbonyl (C=O) groups is 1. The Labute approximate surface area is 110 Å². The lowest BCUT2D eigenvalue weighted by Gasteiger charge is -2.12. The highest BCUT2D eigenvalue weighted by atomic mass is 19.1. The van der Waals surface area contributed by atoms with Crippen molar-refractivity contribution in [1.29, 1.82) is 0 Å². The van der Waals surface area contributed by atoms with E-state index in [9.17, 15) is 9.18 Å². The standard InChI is InChI=1S/C13H15FN4O/c1-7-10(14)5-9(6-11(7)15)13(19)18-8(2)12-16-3-4-17-12/h3-6,8H,15H2,1-2H3,(H,16,17)(H,18,19). The topological polar surface area (TPSA) is 83.8 Å². The number of H-pyrrole nitrogens is 1. The Morgan fingerprint density at radius 2 is 2.26 bits per heavy atom. The lowest BCUT2D eigenvalue weighted by Crippen LogP contribution is -2.27. The molecule has 1 amide bonds. The van der Waals surface area contributed by atoms with Gasteiger partial charge in [0, 0.05) is 29.2 Å². The number of nitrogens with zero attached hydrogens (tertiary/aromatic N) is 1. The molecular formula is C13H15FN4O. The van der Waals surface area contributed by atoms with Crippen LogP contribution in [0.15, 0.2) is 24.5 Å². The highest BCUT2D eigenvalue weighted by Gasteiger charge is 2.15. The van der Waals surface area contributed by atoms with Gasteiger partial charge in [-0.2, -0.15) is 0 Å². The number of nitrogens with two attached hydrogens (primary N) is 1. The van der Waals surface area contributed by atoms with Crippen molar-refractivity contribution in [3.05, 3.63) is 47.3 Å². The molecule has 2 aromatic rings. The second-order valence-electron chi connectivity index (χ2n) is 4.34. The van der Waals surface area contributed by atoms with Crippen LogP contribution in [0.3, 0.4) is 0 Å². The summed E-state index contributed by atoms with van der Waals surface area (Å²) >= 11 is 0. The molecule has 0 spiro atoms. The molecule has 0 radical (unpaired) electrons. The minimum Gasteiger partial charge on any atom is -0.398 e. The molecule has 0 aliphatic rings. The van der Waals surface area contributed by atoms with Crippen LogP contribution in [0.4, 0.5) is 10.1 Å². The number of nitrogen functional groups attached to an aromatic ring is 1. The highest BCUT2D eigenvalue weighted by Crippen LogP contribution is 2.18. The summed E-state index contributed by atoms with van der Waals surface area (Å²) < 4.78 is 13.5. The third-order valence-corrected chi connectivity index (χ3v) is 2.92. The lowest BCUT2D eigenvalue weighted by atomic mass is 10.1. The lowest BCUT2D eigenvalue weighted by molar-refractivity contribution is 0.0938. The summed E-state index contributed by atoms with van der Waals surface area (Å²) in [6.07, 6.45) is 3.27. The van der Waals surface area contributed by atoms with Crippen molar-refractivity contribution in [2.24, 2.45) is 0 Å². The summed E-state index contributed by atoms with van der Waals surface area (Å²) in [5.74, 6) is -0.251. The quantitative estimate of drug-likeness (QED) is 0.739. The highest BCUT2D eigenvalue weighted by molar-refractivity contribution is 5.95. The largest absolute Gasteiger partial charge is 0.398 e. The molecule has 0 saturated carbocycles. The fourth-order valence-electron chi connectivity index (χ4n) is 1.69. The summed E-state index contributed by atoms with van der Waals surface area (Å²) in [5, 5.41) is 2.72. The van der Waals surface area contributed by atoms with Gasteiger partial charge in [0.15, 0.2) is 0 Å². The van der Waals surface area contributed by atoms with E-state index >= 15 is 0 Å². The Balaban J connectivity index is 2.16. The van der Waals surface area contributed by atoms with Gasteiger partial charge in [0.1, 0.15) is 11.6 Å². The van der Waals surface area contributed by atoms with Gasteiger partial charge in [0.2, 0.25) is 0 Å². The number of benzene rings is 1. The van der Waals surface area contributed by atoms with Crippen LogP contribution in [0.1, 0.15) is 34.7 Å². The van der Waals surface area contributed by atoms with Gasteiger partial charge in [0.05, 0.1) is 6.04 Å². The van der Waals surface area contributed by atoms with E-state index in [0.29, 0.717) is 11.4 Å². The number of halogens is 1. The number of aromatic nitrogens is 2. The Kier molecular flexibility index (Phi) is 3.50. The number of rotatable bonds is 3. The van der Waals surface area contributed by atoms with E-state index in [0.717, 1.165) is 0 Å². The molecule has 1 aromatic carbocycles. The van der Waals surface area contributed by atoms with E-state index in [1.807, 2.05) is 0 Å². The number of imidazole rings is 1. The van der Waals surface area contributed by atoms with Crippen LogP contribution in [0.5, 0.6) is 0 Å². The molecule has 1 aromatic heterocycles. The van der Waals surface area contributed by atoms with Crippen LogP contribution in [-0.4, -0.2) is 15.9 Å². The SMILES string of the molecule is Cc1c(N)cc(C(=O)NC(C)c2ncc[nH]2)cc1F. The van der Waals surface area contributed by atoms with E-state index in [4.69, 9.17) is 5.73 Å². The molecule has 19 heavy (non-hydrogen) atoms. The van der Waals surface area contributed by atoms with Gasteiger partial charge in [-0.25, -0.2) is 9.37 Å². The number of aromatic amines is 1. The summed E-state index contributed by atoms with van der Waals surface area (Å²) in [7, 11) is 0. The average Bonchev–Trinajstić information content (AvgIpc) is 2.89. The third kappa shape index (κ3) is 2.73. The van der Waals surface area contributed by atoms with E-state index in [1.165, 1.54) is 12.1 Å². The Bertz CT molecular complexity index is 572. The molecule has 0 aliphatic carbocycles. The Hall–Kier alpha value is -2.37. The molecule has 0 fully saturated rings. The predicted molar refractivity (Wildman–Crippen MR) is 70.0 cm³/mol. The van der Waals surface area contributed by atoms with E-state index < -0.39 is 11.7 Å². The van der Waals surface area contributed by atoms with Gasteiger partial charge in [-0.3, -0.25) is 4.79 Å². The van der Waals surface area contributed by atoms with Crippen LogP contribution in [0.2, 0.25) is 0 Å². The van der Waals surface area contributed by atoms with Crippen LogP contribution in [0, 0.1) is 12.7 Å². The summed E-state index contributed by atoms with van der Waals surface area (Å²) in [5.41, 5.74) is 6.44. The van der Waals surface area contributed by atoms with Crippen LogP contribution < -0.4 is 11.1 Å². The zero-order valence-electron chi connectivity index (χ0n) is 10.7. The molecule has 0 saturated heterocycles. The first kappa shape index (κ1) is 13.1. The van der Waals surface area contributed by atoms with Crippen molar-refractivity contribution < 1.29 is 9.18 Å². The van der Waals surface area contributed by atoms with Gasteiger partial charge in [-0.1, -0.05) is 0 Å². The van der Waals surface area contributed by atoms with Gasteiger partial charge in [-0.15, -0.1) is 0 Å². The van der Waals surface area contributed by atoms with Crippen molar-refractivity contribution in [2.45, 2.75) is 19.9 Å². The first-order valence-corrected chi connectivity index (χ1v) is 5.84. The van der Waals surface area contributed by atoms with E-state index in [2.05, 4.69) is 15.3 Å². The number of nitrogens with one attached hydrogen (secondary N) is 2. The fourth-order valence-corrected chi connectivity index (χ4v) is 1.69. The maximum atomic E-state index is 13.5. The predicted octanol–water partition coefficient (Wildman–Crippen LogP) is 1.93. The molecule has 6 heteroatoms. The van der Waals surface area contributed by atoms with Crippen molar-refractivity contribution >= 4 is 11.6 Å². The van der Waals surface area contributed by atoms with Gasteiger partial charge in [0.25, 0.3) is 5.91 Å². The van der Waals surface area contributed by atoms with Crippen molar-refractivity contribution in [2.75, 3.05) is 5.73 Å². The third-order valence-electron chi connectivity index (χ3n) is 2.92. The zero-order chi connectivity index (χ0) is 14.0. The molecule has 5 nitrogen and oxygen atoms in total. The second kappa shape index (κ2) is 5.09. The zero-order valence-corrected chi connectivity index (χ0v) is 10.7. The van der Waals surface area contributed by atoms with Crippen molar-refractivity contribution in [1.82, 2.24) is 15.3 Å². The molecule has 1 atom stereocenters. The monoisotopic (exact) mass is 262 g/mol. The Morgan fingerprint density at radius 3 is 2.84 bits per heavy atom. The van der Waals surface area contributed by atoms with E-state index in [-0.39, 0.29) is 17.3 Å². The Morgan fingerprint density at radius 1 is 1.53 bits per heavy atom. The molecular weight excluding hydrogens is 247 g/mol. The van der Waals surface area contributed by atoms with Crippen molar-refractivity contribution in [3.8, 4) is 0 Å². The summed E-state index contributed by atoms with van der Waals surface area (Å²) in [6.45, 7) is 3.35. The molecule has 100 valence electrons. The maximum Gasteiger partial charge on any atom is 0.252 e. The van der Waals surface area contributed by atoms with Crippen LogP contribution >= 0.6 is 0 Å². The van der Waals surface area contributed by atoms with Crippen molar-refractivity contribution in [3.63, 3.8) is 0 Å². The molecule has 4 N–H and O–H groups in total. The molecule has 0 aliphatic heterocycles. The van der Waals surface area contributed by atoms with Gasteiger partial charge < -0.3 is 16.0 Å². The maximum absolute atomic E-state index is 13.5. The fraction of sp³-hybridized carbons (Fsp3) is 0.231. The number of hydrogen-bond donors (Lipinski definition) is 3. The number of anilines is 1. The van der Waals surface area contributed by atoms with Crippen LogP contribution in [-0.2, 0) is 0 Å². The molecule has 0 bridgehead atoms. The first-order valence-electron chi connectivity index (χ1n) is 5.84. The second-order valence-corrected chi connectivity index (χ2v) is 4.34. The van der Waals surface area contributed by atoms with Crippen LogP contribution in [0.25, 0.3) is 0 Å². The first-order chi connectivity index (χ1) is 8.99. The minimum atomic E-state index is -0.490. The normalized spacial score (nSPS) is 12.2. The summed E-state index contributed by atoms with van der Waals surface area (Å²) in [6, 6.07) is 2.34. The summed E-state index contributed by atoms with van der Waals surface area (Å²) in [4.78, 5) is 18.9. The average molecular weight is 262 g/mol. The van der Waals surface area contributed by atoms with Gasteiger partial charge in [-0.05, 0) is 26.0 Å². The molecule has 1 heterocycles. The number of amides is 1. The molecule has 1 unspecified atom stereocenters. The number of carbonyl (C=O) groups excluding carboxylic acids is 1. The van der Waals surface area contributed by atoms with E-state index in [1.54, 1.807) is 26.2 Å². The smallest absolute Gasteiger partial charge is 0.252 e. The molecule has 2 rings (SSSR count).